The van der Waals surface area contributed by atoms with Crippen molar-refractivity contribution in [3.05, 3.63) is 35.8 Å². The van der Waals surface area contributed by atoms with Gasteiger partial charge in [-0.3, -0.25) is 24.3 Å². The van der Waals surface area contributed by atoms with Gasteiger partial charge in [0.1, 0.15) is 17.1 Å². The van der Waals surface area contributed by atoms with Crippen LogP contribution in [0.5, 0.6) is 0 Å². The first-order valence-electron chi connectivity index (χ1n) is 10.2. The first-order valence-corrected chi connectivity index (χ1v) is 13.3. The number of β-lactam (4-membered cyclic amide) rings is 1. The summed E-state index contributed by atoms with van der Waals surface area (Å²) in [7, 11) is 0. The number of carboxylic acids is 1. The maximum Gasteiger partial charge on any atom is 0.352 e. The van der Waals surface area contributed by atoms with Crippen LogP contribution in [0.25, 0.3) is 0 Å². The Balaban J connectivity index is 1.38. The van der Waals surface area contributed by atoms with Gasteiger partial charge in [-0.15, -0.1) is 28.6 Å². The number of carboxylic acid groups (broad SMARTS) is 1. The van der Waals surface area contributed by atoms with Crippen LogP contribution in [-0.4, -0.2) is 87.6 Å². The number of nitrogens with one attached hydrogen (secondary N) is 1. The molecule has 0 bridgehead atoms. The normalized spacial score (nSPS) is 19.2. The predicted molar refractivity (Wildman–Crippen MR) is 127 cm³/mol. The second-order valence-electron chi connectivity index (χ2n) is 7.38. The highest BCUT2D eigenvalue weighted by atomic mass is 32.2. The standard InChI is InChI=1S/C19H20N8O5S3/c20-12(28)3-5-26-19(23-24-25-26)35-8-10-7-34-17-14(16(30)27(17)15(10)18(31)32)22-13(29)9-33-11-2-1-4-21-6-11/h1-2,4,6,14,17H,3,5,7-9H2,(H2,20,28)(H,22,29)(H,31,32). The molecule has 184 valence electrons. The Morgan fingerprint density at radius 3 is 2.86 bits per heavy atom. The zero-order chi connectivity index (χ0) is 24.9. The van der Waals surface area contributed by atoms with Gasteiger partial charge in [0.25, 0.3) is 5.91 Å². The molecule has 2 atom stereocenters. The highest BCUT2D eigenvalue weighted by Crippen LogP contribution is 2.41. The van der Waals surface area contributed by atoms with E-state index in [4.69, 9.17) is 5.73 Å². The minimum atomic E-state index is -1.22. The number of nitrogens with zero attached hydrogens (tertiary/aromatic N) is 6. The fraction of sp³-hybridized carbons (Fsp3) is 0.368. The molecule has 4 N–H and O–H groups in total. The van der Waals surface area contributed by atoms with E-state index in [2.05, 4.69) is 25.8 Å². The van der Waals surface area contributed by atoms with Crippen molar-refractivity contribution in [3.63, 3.8) is 0 Å². The molecule has 3 amide bonds. The van der Waals surface area contributed by atoms with Gasteiger partial charge in [-0.25, -0.2) is 9.48 Å². The number of carbonyl (C=O) groups excluding carboxylic acids is 3. The molecule has 2 unspecified atom stereocenters. The zero-order valence-electron chi connectivity index (χ0n) is 18.1. The average Bonchev–Trinajstić information content (AvgIpc) is 3.30. The van der Waals surface area contributed by atoms with Crippen LogP contribution in [0, 0.1) is 0 Å². The van der Waals surface area contributed by atoms with Crippen LogP contribution >= 0.6 is 35.3 Å². The third-order valence-corrected chi connectivity index (χ3v) is 8.38. The second-order valence-corrected chi connectivity index (χ2v) is 10.5. The molecule has 2 aromatic heterocycles. The van der Waals surface area contributed by atoms with Gasteiger partial charge < -0.3 is 16.2 Å². The van der Waals surface area contributed by atoms with E-state index < -0.39 is 29.2 Å². The molecular formula is C19H20N8O5S3. The molecule has 35 heavy (non-hydrogen) atoms. The topological polar surface area (TPSA) is 186 Å². The van der Waals surface area contributed by atoms with Crippen molar-refractivity contribution in [2.75, 3.05) is 17.3 Å². The van der Waals surface area contributed by atoms with Crippen LogP contribution < -0.4 is 11.1 Å². The molecule has 2 aliphatic heterocycles. The number of amides is 3. The van der Waals surface area contributed by atoms with Crippen LogP contribution in [0.15, 0.2) is 45.8 Å². The first-order chi connectivity index (χ1) is 16.8. The number of thioether (sulfide) groups is 3. The quantitative estimate of drug-likeness (QED) is 0.249. The summed E-state index contributed by atoms with van der Waals surface area (Å²) in [6.07, 6.45) is 3.35. The minimum absolute atomic E-state index is 0.0648. The maximum atomic E-state index is 12.8. The average molecular weight is 537 g/mol. The Labute approximate surface area is 211 Å². The molecule has 4 heterocycles. The molecule has 13 nitrogen and oxygen atoms in total. The minimum Gasteiger partial charge on any atom is -0.477 e. The van der Waals surface area contributed by atoms with Crippen LogP contribution in [0.4, 0.5) is 0 Å². The smallest absolute Gasteiger partial charge is 0.352 e. The van der Waals surface area contributed by atoms with E-state index in [-0.39, 0.29) is 36.1 Å². The monoisotopic (exact) mass is 536 g/mol. The van der Waals surface area contributed by atoms with Gasteiger partial charge in [-0.1, -0.05) is 11.8 Å². The summed E-state index contributed by atoms with van der Waals surface area (Å²) in [5.74, 6) is -1.78. The lowest BCUT2D eigenvalue weighted by atomic mass is 10.0. The van der Waals surface area contributed by atoms with Crippen molar-refractivity contribution in [1.82, 2.24) is 35.4 Å². The zero-order valence-corrected chi connectivity index (χ0v) is 20.5. The summed E-state index contributed by atoms with van der Waals surface area (Å²) in [6.45, 7) is 0.206. The van der Waals surface area contributed by atoms with Crippen molar-refractivity contribution in [1.29, 1.82) is 0 Å². The first kappa shape index (κ1) is 25.0. The molecule has 1 fully saturated rings. The van der Waals surface area contributed by atoms with E-state index in [0.29, 0.717) is 16.5 Å². The number of rotatable bonds is 11. The van der Waals surface area contributed by atoms with Crippen molar-refractivity contribution in [2.24, 2.45) is 5.73 Å². The number of primary amides is 1. The van der Waals surface area contributed by atoms with Crippen molar-refractivity contribution < 1.29 is 24.3 Å². The summed E-state index contributed by atoms with van der Waals surface area (Å²) in [5, 5.41) is 23.7. The molecule has 0 spiro atoms. The number of hydrogen-bond acceptors (Lipinski definition) is 11. The number of tetrazole rings is 1. The van der Waals surface area contributed by atoms with Crippen molar-refractivity contribution in [3.8, 4) is 0 Å². The van der Waals surface area contributed by atoms with E-state index in [1.165, 1.54) is 44.9 Å². The van der Waals surface area contributed by atoms with Crippen LogP contribution in [0.1, 0.15) is 6.42 Å². The lowest BCUT2D eigenvalue weighted by Gasteiger charge is -2.49. The third-order valence-electron chi connectivity index (χ3n) is 5.02. The van der Waals surface area contributed by atoms with Crippen LogP contribution in [0.3, 0.4) is 0 Å². The molecule has 2 aliphatic rings. The lowest BCUT2D eigenvalue weighted by molar-refractivity contribution is -0.150. The summed E-state index contributed by atoms with van der Waals surface area (Å²) in [4.78, 5) is 54.3. The fourth-order valence-electron chi connectivity index (χ4n) is 3.40. The summed E-state index contributed by atoms with van der Waals surface area (Å²) >= 11 is 3.88. The Bertz CT molecular complexity index is 1170. The molecule has 2 aromatic rings. The number of aryl methyl sites for hydroxylation is 1. The van der Waals surface area contributed by atoms with E-state index in [0.717, 1.165) is 4.90 Å². The van der Waals surface area contributed by atoms with Crippen molar-refractivity contribution in [2.45, 2.75) is 34.4 Å². The Kier molecular flexibility index (Phi) is 7.92. The van der Waals surface area contributed by atoms with Crippen LogP contribution in [-0.2, 0) is 25.7 Å². The van der Waals surface area contributed by atoms with Gasteiger partial charge in [-0.05, 0) is 28.1 Å². The van der Waals surface area contributed by atoms with Gasteiger partial charge >= 0.3 is 5.97 Å². The SMILES string of the molecule is NC(=O)CCn1nnnc1SCC1=C(C(=O)O)N2C(=O)C(NC(=O)CSc3cccnc3)C2SC1. The number of hydrogen-bond donors (Lipinski definition) is 3. The van der Waals surface area contributed by atoms with Crippen molar-refractivity contribution >= 4 is 59.0 Å². The summed E-state index contributed by atoms with van der Waals surface area (Å²) in [6, 6.07) is 2.81. The largest absolute Gasteiger partial charge is 0.477 e. The third kappa shape index (κ3) is 5.76. The van der Waals surface area contributed by atoms with Gasteiger partial charge in [-0.2, -0.15) is 0 Å². The Hall–Kier alpha value is -3.11. The van der Waals surface area contributed by atoms with E-state index in [1.54, 1.807) is 18.5 Å². The van der Waals surface area contributed by atoms with Gasteiger partial charge in [0.15, 0.2) is 0 Å². The van der Waals surface area contributed by atoms with E-state index >= 15 is 0 Å². The number of aromatic nitrogens is 5. The fourth-order valence-corrected chi connectivity index (χ4v) is 6.48. The van der Waals surface area contributed by atoms with Gasteiger partial charge in [0.2, 0.25) is 17.0 Å². The molecule has 4 rings (SSSR count). The summed E-state index contributed by atoms with van der Waals surface area (Å²) < 4.78 is 1.42. The van der Waals surface area contributed by atoms with E-state index in [1.807, 2.05) is 6.07 Å². The predicted octanol–water partition coefficient (Wildman–Crippen LogP) is -0.433. The number of carbonyl (C=O) groups is 4. The second kappa shape index (κ2) is 11.1. The molecule has 0 aliphatic carbocycles. The number of pyridine rings is 1. The molecule has 0 aromatic carbocycles. The lowest BCUT2D eigenvalue weighted by Crippen LogP contribution is -2.70. The molecule has 1 saturated heterocycles. The summed E-state index contributed by atoms with van der Waals surface area (Å²) in [5.41, 5.74) is 5.62. The number of fused-ring (bicyclic) bond motifs is 1. The van der Waals surface area contributed by atoms with Gasteiger partial charge in [0.05, 0.1) is 12.3 Å². The van der Waals surface area contributed by atoms with E-state index in [9.17, 15) is 24.3 Å². The Morgan fingerprint density at radius 1 is 1.31 bits per heavy atom. The molecular weight excluding hydrogens is 516 g/mol. The molecule has 0 radical (unpaired) electrons. The molecule has 0 saturated carbocycles. The molecule has 16 heteroatoms. The maximum absolute atomic E-state index is 12.8. The van der Waals surface area contributed by atoms with Crippen LogP contribution in [0.2, 0.25) is 0 Å². The highest BCUT2D eigenvalue weighted by Gasteiger charge is 2.54. The highest BCUT2D eigenvalue weighted by molar-refractivity contribution is 8.01. The Morgan fingerprint density at radius 2 is 2.14 bits per heavy atom. The number of aliphatic carboxylic acids is 1. The van der Waals surface area contributed by atoms with Gasteiger partial charge in [0, 0.05) is 35.2 Å². The number of nitrogens with two attached hydrogens (primary N) is 1.